The zero-order valence-corrected chi connectivity index (χ0v) is 58.9. The highest BCUT2D eigenvalue weighted by Crippen LogP contribution is 2.76. The molecule has 6 rings (SSSR count). The molecule has 1 N–H and O–H groups in total. The van der Waals surface area contributed by atoms with Crippen molar-refractivity contribution in [3.8, 4) is 0 Å². The second-order valence-corrected chi connectivity index (χ2v) is 29.8. The SMILES string of the molecule is CCCCOC[C@H]1O[C@@H](OC2CC[C@]3(C)C(CC[C@@]4(C)C3C[C@H](OCCCC)C3C([C@@](C)(O)CCC=C(C)C)CC[C@@]34C)C2(C)C)[C@H](OC2O[C@H](COCCCC)[C@@H](OCCCC)[C@H](OCCCC)[C@H]2OCCCC)[C@@H](OCCCC)[C@@H]1OCCCC. The molecule has 4 saturated carbocycles. The van der Waals surface area contributed by atoms with Crippen molar-refractivity contribution in [2.24, 2.45) is 45.3 Å². The van der Waals surface area contributed by atoms with E-state index in [-0.39, 0.29) is 39.8 Å². The van der Waals surface area contributed by atoms with Gasteiger partial charge in [0.1, 0.15) is 48.8 Å². The first-order valence-electron chi connectivity index (χ1n) is 36.6. The summed E-state index contributed by atoms with van der Waals surface area (Å²) in [7, 11) is 0. The van der Waals surface area contributed by atoms with Gasteiger partial charge in [-0.15, -0.1) is 0 Å². The van der Waals surface area contributed by atoms with E-state index >= 15 is 0 Å². The lowest BCUT2D eigenvalue weighted by Crippen LogP contribution is -2.68. The average molecular weight is 1230 g/mol. The minimum Gasteiger partial charge on any atom is -0.390 e. The van der Waals surface area contributed by atoms with Crippen LogP contribution in [0.15, 0.2) is 11.6 Å². The van der Waals surface area contributed by atoms with Crippen LogP contribution in [0.5, 0.6) is 0 Å². The standard InChI is InChI=1S/C74H136O13/c1-17-25-42-76-51-56-62(79-45-28-20-4)64(81-47-30-22-6)66(83-49-32-24-8)68(84-56)87-67-65(82-48-31-23-7)63(80-46-29-21-5)57(52-77-43-26-18-2)85-69(67)86-60-37-39-71(13)58(70(60,11)12)36-41-72(14)59(71)50-55(78-44-27-19-3)61-54(35-40-73(61,72)15)74(16,75)38-33-34-53(9)10/h34,54-69,75H,17-33,35-52H2,1-16H3/t54?,55-,56+,57+,58?,59?,60?,61?,62+,63+,64-,65-,66+,67+,68?,69-,71+,72-,73-,74-/m0/s1. The van der Waals surface area contributed by atoms with Gasteiger partial charge >= 0.3 is 0 Å². The molecule has 13 heteroatoms. The molecule has 20 atom stereocenters. The van der Waals surface area contributed by atoms with Crippen molar-refractivity contribution in [1.82, 2.24) is 0 Å². The molecule has 0 aromatic heterocycles. The van der Waals surface area contributed by atoms with Crippen LogP contribution in [0.3, 0.4) is 0 Å². The molecule has 6 unspecified atom stereocenters. The molecule has 4 aliphatic carbocycles. The first-order chi connectivity index (χ1) is 41.8. The number of allylic oxidation sites excluding steroid dienone is 2. The summed E-state index contributed by atoms with van der Waals surface area (Å²) in [5, 5.41) is 12.6. The molecule has 6 fully saturated rings. The highest BCUT2D eigenvalue weighted by molar-refractivity contribution is 5.20. The number of unbranched alkanes of at least 4 members (excludes halogenated alkanes) is 8. The van der Waals surface area contributed by atoms with Gasteiger partial charge in [0.05, 0.1) is 31.0 Å². The van der Waals surface area contributed by atoms with Crippen LogP contribution in [-0.4, -0.2) is 150 Å². The predicted octanol–water partition coefficient (Wildman–Crippen LogP) is 16.7. The van der Waals surface area contributed by atoms with Crippen molar-refractivity contribution in [1.29, 1.82) is 0 Å². The van der Waals surface area contributed by atoms with Crippen LogP contribution >= 0.6 is 0 Å². The van der Waals surface area contributed by atoms with Gasteiger partial charge in [-0.3, -0.25) is 0 Å². The molecule has 6 aliphatic rings. The molecule has 510 valence electrons. The minimum atomic E-state index is -0.899. The monoisotopic (exact) mass is 1230 g/mol. The molecule has 87 heavy (non-hydrogen) atoms. The molecule has 2 aliphatic heterocycles. The number of fused-ring (bicyclic) bond motifs is 5. The van der Waals surface area contributed by atoms with Crippen molar-refractivity contribution in [3.63, 3.8) is 0 Å². The number of rotatable bonds is 42. The van der Waals surface area contributed by atoms with Crippen LogP contribution in [0.1, 0.15) is 271 Å². The third-order valence-electron chi connectivity index (χ3n) is 22.8. The van der Waals surface area contributed by atoms with E-state index in [0.717, 1.165) is 167 Å². The van der Waals surface area contributed by atoms with Gasteiger partial charge in [-0.25, -0.2) is 0 Å². The molecule has 2 heterocycles. The van der Waals surface area contributed by atoms with Crippen LogP contribution in [-0.2, 0) is 56.8 Å². The smallest absolute Gasteiger partial charge is 0.187 e. The zero-order chi connectivity index (χ0) is 63.3. The van der Waals surface area contributed by atoms with Crippen LogP contribution in [0.25, 0.3) is 0 Å². The topological polar surface area (TPSA) is 131 Å². The Morgan fingerprint density at radius 3 is 1.43 bits per heavy atom. The maximum atomic E-state index is 12.6. The number of ether oxygens (including phenoxy) is 12. The Morgan fingerprint density at radius 2 is 0.931 bits per heavy atom. The Balaban J connectivity index is 1.42. The molecule has 0 radical (unpaired) electrons. The summed E-state index contributed by atoms with van der Waals surface area (Å²) in [6, 6.07) is 0. The second kappa shape index (κ2) is 36.8. The van der Waals surface area contributed by atoms with Crippen molar-refractivity contribution in [2.45, 2.75) is 351 Å². The fourth-order valence-corrected chi connectivity index (χ4v) is 17.4. The number of hydrogen-bond donors (Lipinski definition) is 1. The summed E-state index contributed by atoms with van der Waals surface area (Å²) in [6.45, 7) is 42.6. The fraction of sp³-hybridized carbons (Fsp3) is 0.973. The third-order valence-corrected chi connectivity index (χ3v) is 22.8. The Hall–Kier alpha value is -0.780. The lowest BCUT2D eigenvalue weighted by Gasteiger charge is -2.71. The van der Waals surface area contributed by atoms with Gasteiger partial charge in [0.2, 0.25) is 0 Å². The van der Waals surface area contributed by atoms with Crippen LogP contribution < -0.4 is 0 Å². The number of hydrogen-bond acceptors (Lipinski definition) is 13. The molecular formula is C74H136O13. The Morgan fingerprint density at radius 1 is 0.494 bits per heavy atom. The maximum Gasteiger partial charge on any atom is 0.187 e. The largest absolute Gasteiger partial charge is 0.390 e. The molecule has 0 spiro atoms. The lowest BCUT2D eigenvalue weighted by molar-refractivity contribution is -0.390. The fourth-order valence-electron chi connectivity index (χ4n) is 17.4. The first-order valence-corrected chi connectivity index (χ1v) is 36.6. The van der Waals surface area contributed by atoms with Gasteiger partial charge in [0, 0.05) is 52.9 Å². The first kappa shape index (κ1) is 75.3. The number of aliphatic hydroxyl groups is 1. The van der Waals surface area contributed by atoms with Crippen molar-refractivity contribution in [3.05, 3.63) is 11.6 Å². The highest BCUT2D eigenvalue weighted by atomic mass is 16.8. The second-order valence-electron chi connectivity index (χ2n) is 29.8. The average Bonchev–Trinajstić information content (AvgIpc) is 1.71. The minimum absolute atomic E-state index is 0.0273. The van der Waals surface area contributed by atoms with Crippen molar-refractivity contribution >= 4 is 0 Å². The lowest BCUT2D eigenvalue weighted by atomic mass is 9.35. The summed E-state index contributed by atoms with van der Waals surface area (Å²) < 4.78 is 85.9. The van der Waals surface area contributed by atoms with Crippen LogP contribution in [0.4, 0.5) is 0 Å². The van der Waals surface area contributed by atoms with Crippen LogP contribution in [0, 0.1) is 45.3 Å². The predicted molar refractivity (Wildman–Crippen MR) is 350 cm³/mol. The Bertz CT molecular complexity index is 1910. The van der Waals surface area contributed by atoms with Gasteiger partial charge in [-0.05, 0) is 175 Å². The maximum absolute atomic E-state index is 12.6. The molecular weight excluding hydrogens is 1100 g/mol. The molecule has 0 aromatic rings. The molecule has 0 aromatic carbocycles. The van der Waals surface area contributed by atoms with E-state index in [1.807, 2.05) is 0 Å². The summed E-state index contributed by atoms with van der Waals surface area (Å²) in [5.41, 5.74) is 0.446. The van der Waals surface area contributed by atoms with Gasteiger partial charge in [0.25, 0.3) is 0 Å². The summed E-state index contributed by atoms with van der Waals surface area (Å²) in [4.78, 5) is 0. The van der Waals surface area contributed by atoms with E-state index in [1.54, 1.807) is 0 Å². The van der Waals surface area contributed by atoms with E-state index in [1.165, 1.54) is 5.57 Å². The molecule has 0 bridgehead atoms. The van der Waals surface area contributed by atoms with Crippen LogP contribution in [0.2, 0.25) is 0 Å². The quantitative estimate of drug-likeness (QED) is 0.0354. The van der Waals surface area contributed by atoms with Crippen molar-refractivity contribution in [2.75, 3.05) is 66.1 Å². The third kappa shape index (κ3) is 18.8. The van der Waals surface area contributed by atoms with E-state index in [0.29, 0.717) is 77.2 Å². The highest BCUT2D eigenvalue weighted by Gasteiger charge is 2.72. The molecule has 13 nitrogen and oxygen atoms in total. The van der Waals surface area contributed by atoms with Gasteiger partial charge in [-0.1, -0.05) is 153 Å². The van der Waals surface area contributed by atoms with Gasteiger partial charge in [0.15, 0.2) is 12.6 Å². The van der Waals surface area contributed by atoms with E-state index < -0.39 is 67.0 Å². The van der Waals surface area contributed by atoms with E-state index in [2.05, 4.69) is 117 Å². The normalized spacial score (nSPS) is 37.3. The summed E-state index contributed by atoms with van der Waals surface area (Å²) >= 11 is 0. The van der Waals surface area contributed by atoms with Crippen molar-refractivity contribution < 1.29 is 61.9 Å². The molecule has 2 saturated heterocycles. The summed E-state index contributed by atoms with van der Waals surface area (Å²) in [6.07, 6.45) is 20.8. The van der Waals surface area contributed by atoms with E-state index in [9.17, 15) is 5.11 Å². The molecule has 0 amide bonds. The van der Waals surface area contributed by atoms with E-state index in [4.69, 9.17) is 56.8 Å². The van der Waals surface area contributed by atoms with Gasteiger partial charge in [-0.2, -0.15) is 0 Å². The summed E-state index contributed by atoms with van der Waals surface area (Å²) in [5.74, 6) is 1.32. The van der Waals surface area contributed by atoms with Gasteiger partial charge < -0.3 is 61.9 Å². The Kier molecular flexibility index (Phi) is 31.8. The zero-order valence-electron chi connectivity index (χ0n) is 58.9. The Labute approximate surface area is 533 Å².